The number of likely N-dealkylation sites (tertiary alicyclic amines) is 2. The fraction of sp³-hybridized carbons (Fsp3) is 0.923. The molecule has 2 heterocycles. The number of fused-ring (bicyclic) bond motifs is 1. The molecule has 0 aromatic rings. The van der Waals surface area contributed by atoms with E-state index in [4.69, 9.17) is 0 Å². The van der Waals surface area contributed by atoms with Crippen LogP contribution < -0.4 is 0 Å². The van der Waals surface area contributed by atoms with Crippen LogP contribution in [0.1, 0.15) is 32.1 Å². The van der Waals surface area contributed by atoms with Gasteiger partial charge in [-0.25, -0.2) is 0 Å². The maximum atomic E-state index is 12.0. The van der Waals surface area contributed by atoms with E-state index in [0.29, 0.717) is 12.5 Å². The largest absolute Gasteiger partial charge is 0.342 e. The van der Waals surface area contributed by atoms with Gasteiger partial charge in [-0.05, 0) is 37.5 Å². The second-order valence-corrected chi connectivity index (χ2v) is 5.73. The van der Waals surface area contributed by atoms with Gasteiger partial charge in [-0.1, -0.05) is 6.42 Å². The van der Waals surface area contributed by atoms with Gasteiger partial charge in [0.25, 0.3) is 0 Å². The lowest BCUT2D eigenvalue weighted by Crippen LogP contribution is -2.38. The number of amides is 1. The molecule has 0 bridgehead atoms. The van der Waals surface area contributed by atoms with Crippen molar-refractivity contribution >= 4 is 5.91 Å². The van der Waals surface area contributed by atoms with E-state index in [1.54, 1.807) is 0 Å². The SMILES string of the molecule is O=C(CN1CC2CCCC2C1)N1CCCC1. The summed E-state index contributed by atoms with van der Waals surface area (Å²) in [5.74, 6) is 2.19. The average molecular weight is 222 g/mol. The molecule has 0 N–H and O–H groups in total. The molecule has 3 heteroatoms. The summed E-state index contributed by atoms with van der Waals surface area (Å²) >= 11 is 0. The lowest BCUT2D eigenvalue weighted by molar-refractivity contribution is -0.131. The zero-order valence-electron chi connectivity index (χ0n) is 10.0. The third kappa shape index (κ3) is 1.97. The van der Waals surface area contributed by atoms with Crippen molar-refractivity contribution in [2.75, 3.05) is 32.7 Å². The second kappa shape index (κ2) is 4.36. The van der Waals surface area contributed by atoms with E-state index < -0.39 is 0 Å². The van der Waals surface area contributed by atoms with Crippen LogP contribution in [0.5, 0.6) is 0 Å². The van der Waals surface area contributed by atoms with E-state index in [1.807, 2.05) is 4.90 Å². The van der Waals surface area contributed by atoms with Crippen molar-refractivity contribution < 1.29 is 4.79 Å². The number of rotatable bonds is 2. The van der Waals surface area contributed by atoms with Gasteiger partial charge < -0.3 is 4.90 Å². The molecule has 0 radical (unpaired) electrons. The molecule has 0 aromatic heterocycles. The average Bonchev–Trinajstić information content (AvgIpc) is 2.91. The van der Waals surface area contributed by atoms with Crippen LogP contribution in [-0.2, 0) is 4.79 Å². The zero-order valence-corrected chi connectivity index (χ0v) is 10.0. The van der Waals surface area contributed by atoms with Crippen LogP contribution in [-0.4, -0.2) is 48.4 Å². The highest BCUT2D eigenvalue weighted by Gasteiger charge is 2.36. The van der Waals surface area contributed by atoms with Crippen LogP contribution in [0.15, 0.2) is 0 Å². The minimum atomic E-state index is 0.373. The molecular formula is C13H22N2O. The highest BCUT2D eigenvalue weighted by Crippen LogP contribution is 2.37. The van der Waals surface area contributed by atoms with Crippen molar-refractivity contribution in [2.45, 2.75) is 32.1 Å². The smallest absolute Gasteiger partial charge is 0.236 e. The van der Waals surface area contributed by atoms with Crippen molar-refractivity contribution in [3.05, 3.63) is 0 Å². The number of carbonyl (C=O) groups is 1. The molecule has 0 aromatic carbocycles. The van der Waals surface area contributed by atoms with Crippen molar-refractivity contribution in [3.8, 4) is 0 Å². The van der Waals surface area contributed by atoms with Gasteiger partial charge in [0, 0.05) is 26.2 Å². The maximum Gasteiger partial charge on any atom is 0.236 e. The molecule has 0 spiro atoms. The first kappa shape index (κ1) is 10.6. The van der Waals surface area contributed by atoms with Gasteiger partial charge >= 0.3 is 0 Å². The number of nitrogens with zero attached hydrogens (tertiary/aromatic N) is 2. The van der Waals surface area contributed by atoms with E-state index in [9.17, 15) is 4.79 Å². The summed E-state index contributed by atoms with van der Waals surface area (Å²) < 4.78 is 0. The first-order chi connectivity index (χ1) is 7.83. The van der Waals surface area contributed by atoms with Gasteiger partial charge in [0.2, 0.25) is 5.91 Å². The van der Waals surface area contributed by atoms with E-state index in [1.165, 1.54) is 45.2 Å². The van der Waals surface area contributed by atoms with Crippen molar-refractivity contribution in [1.82, 2.24) is 9.80 Å². The van der Waals surface area contributed by atoms with E-state index in [-0.39, 0.29) is 0 Å². The first-order valence-corrected chi connectivity index (χ1v) is 6.83. The van der Waals surface area contributed by atoms with Crippen molar-refractivity contribution in [2.24, 2.45) is 11.8 Å². The summed E-state index contributed by atoms with van der Waals surface area (Å²) in [4.78, 5) is 16.5. The minimum absolute atomic E-state index is 0.373. The molecule has 1 amide bonds. The molecule has 3 rings (SSSR count). The number of carbonyl (C=O) groups excluding carboxylic acids is 1. The molecule has 3 fully saturated rings. The van der Waals surface area contributed by atoms with E-state index in [2.05, 4.69) is 4.90 Å². The lowest BCUT2D eigenvalue weighted by atomic mass is 10.0. The topological polar surface area (TPSA) is 23.6 Å². The Kier molecular flexibility index (Phi) is 2.88. The van der Waals surface area contributed by atoms with Crippen LogP contribution in [0.25, 0.3) is 0 Å². The summed E-state index contributed by atoms with van der Waals surface area (Å²) in [6.45, 7) is 5.06. The molecule has 2 aliphatic heterocycles. The fourth-order valence-corrected chi connectivity index (χ4v) is 3.72. The van der Waals surface area contributed by atoms with Gasteiger partial charge in [0.1, 0.15) is 0 Å². The fourth-order valence-electron chi connectivity index (χ4n) is 3.72. The first-order valence-electron chi connectivity index (χ1n) is 6.83. The molecule has 1 aliphatic carbocycles. The molecule has 3 aliphatic rings. The number of hydrogen-bond acceptors (Lipinski definition) is 2. The molecule has 2 saturated heterocycles. The third-order valence-electron chi connectivity index (χ3n) is 4.62. The third-order valence-corrected chi connectivity index (χ3v) is 4.62. The maximum absolute atomic E-state index is 12.0. The minimum Gasteiger partial charge on any atom is -0.342 e. The Balaban J connectivity index is 1.50. The lowest BCUT2D eigenvalue weighted by Gasteiger charge is -2.21. The Labute approximate surface area is 97.8 Å². The van der Waals surface area contributed by atoms with Gasteiger partial charge in [-0.3, -0.25) is 9.69 Å². The van der Waals surface area contributed by atoms with Crippen LogP contribution in [0.2, 0.25) is 0 Å². The monoisotopic (exact) mass is 222 g/mol. The van der Waals surface area contributed by atoms with Crippen LogP contribution in [0.3, 0.4) is 0 Å². The molecule has 2 atom stereocenters. The second-order valence-electron chi connectivity index (χ2n) is 5.73. The Hall–Kier alpha value is -0.570. The summed E-state index contributed by atoms with van der Waals surface area (Å²) in [5.41, 5.74) is 0. The molecular weight excluding hydrogens is 200 g/mol. The van der Waals surface area contributed by atoms with E-state index in [0.717, 1.165) is 24.9 Å². The molecule has 3 nitrogen and oxygen atoms in total. The molecule has 90 valence electrons. The predicted molar refractivity (Wildman–Crippen MR) is 63.1 cm³/mol. The number of hydrogen-bond donors (Lipinski definition) is 0. The van der Waals surface area contributed by atoms with Crippen molar-refractivity contribution in [1.29, 1.82) is 0 Å². The summed E-state index contributed by atoms with van der Waals surface area (Å²) in [5, 5.41) is 0. The quantitative estimate of drug-likeness (QED) is 0.704. The summed E-state index contributed by atoms with van der Waals surface area (Å²) in [7, 11) is 0. The van der Waals surface area contributed by atoms with E-state index >= 15 is 0 Å². The Morgan fingerprint density at radius 1 is 1.00 bits per heavy atom. The normalized spacial score (nSPS) is 34.6. The highest BCUT2D eigenvalue weighted by molar-refractivity contribution is 5.78. The van der Waals surface area contributed by atoms with Gasteiger partial charge in [-0.2, -0.15) is 0 Å². The van der Waals surface area contributed by atoms with Gasteiger partial charge in [0.05, 0.1) is 6.54 Å². The Morgan fingerprint density at radius 2 is 1.62 bits per heavy atom. The van der Waals surface area contributed by atoms with Crippen LogP contribution in [0, 0.1) is 11.8 Å². The summed E-state index contributed by atoms with van der Waals surface area (Å²) in [6.07, 6.45) is 6.63. The predicted octanol–water partition coefficient (Wildman–Crippen LogP) is 1.34. The zero-order chi connectivity index (χ0) is 11.0. The standard InChI is InChI=1S/C13H22N2O/c16-13(15-6-1-2-7-15)10-14-8-11-4-3-5-12(11)9-14/h11-12H,1-10H2. The van der Waals surface area contributed by atoms with Crippen molar-refractivity contribution in [3.63, 3.8) is 0 Å². The summed E-state index contributed by atoms with van der Waals surface area (Å²) in [6, 6.07) is 0. The Bertz CT molecular complexity index is 261. The van der Waals surface area contributed by atoms with Gasteiger partial charge in [-0.15, -0.1) is 0 Å². The van der Waals surface area contributed by atoms with Crippen LogP contribution in [0.4, 0.5) is 0 Å². The highest BCUT2D eigenvalue weighted by atomic mass is 16.2. The molecule has 16 heavy (non-hydrogen) atoms. The molecule has 2 unspecified atom stereocenters. The molecule has 1 saturated carbocycles. The Morgan fingerprint density at radius 3 is 2.25 bits per heavy atom. The van der Waals surface area contributed by atoms with Crippen LogP contribution >= 0.6 is 0 Å². The van der Waals surface area contributed by atoms with Gasteiger partial charge in [0.15, 0.2) is 0 Å².